The van der Waals surface area contributed by atoms with Gasteiger partial charge in [-0.05, 0) is 50.2 Å². The monoisotopic (exact) mass is 416 g/mol. The molecule has 1 amide bonds. The third-order valence-corrected chi connectivity index (χ3v) is 5.22. The Morgan fingerprint density at radius 3 is 2.29 bits per heavy atom. The number of alkyl halides is 3. The molecular formula is C18H19F3N2O4S. The summed E-state index contributed by atoms with van der Waals surface area (Å²) in [7, 11) is -4.06. The topological polar surface area (TPSA) is 84.5 Å². The highest BCUT2D eigenvalue weighted by molar-refractivity contribution is 7.89. The van der Waals surface area contributed by atoms with Crippen molar-refractivity contribution < 1.29 is 31.1 Å². The lowest BCUT2D eigenvalue weighted by atomic mass is 10.1. The molecule has 2 rings (SSSR count). The number of nitrogens with one attached hydrogen (secondary N) is 2. The van der Waals surface area contributed by atoms with E-state index in [-0.39, 0.29) is 4.90 Å². The van der Waals surface area contributed by atoms with Crippen LogP contribution >= 0.6 is 0 Å². The maximum Gasteiger partial charge on any atom is 0.418 e. The Morgan fingerprint density at radius 1 is 1.11 bits per heavy atom. The van der Waals surface area contributed by atoms with Gasteiger partial charge in [-0.25, -0.2) is 8.42 Å². The summed E-state index contributed by atoms with van der Waals surface area (Å²) in [5.41, 5.74) is -1.47. The summed E-state index contributed by atoms with van der Waals surface area (Å²) in [4.78, 5) is 12.1. The van der Waals surface area contributed by atoms with Crippen LogP contribution < -0.4 is 14.8 Å². The smallest absolute Gasteiger partial charge is 0.418 e. The number of amides is 1. The molecule has 152 valence electrons. The van der Waals surface area contributed by atoms with Gasteiger partial charge in [0.25, 0.3) is 0 Å². The van der Waals surface area contributed by atoms with Crippen LogP contribution in [0.2, 0.25) is 0 Å². The Morgan fingerprint density at radius 2 is 1.71 bits per heavy atom. The number of sulfonamides is 1. The second kappa shape index (κ2) is 8.61. The molecule has 0 saturated heterocycles. The number of benzene rings is 2. The molecule has 28 heavy (non-hydrogen) atoms. The molecule has 0 radical (unpaired) electrons. The molecule has 10 heteroatoms. The fourth-order valence-electron chi connectivity index (χ4n) is 2.32. The van der Waals surface area contributed by atoms with Gasteiger partial charge in [0, 0.05) is 0 Å². The molecule has 2 aromatic rings. The zero-order chi connectivity index (χ0) is 20.9. The fraction of sp³-hybridized carbons (Fsp3) is 0.278. The third-order valence-electron chi connectivity index (χ3n) is 3.66. The number of para-hydroxylation sites is 1. The first-order valence-corrected chi connectivity index (χ1v) is 9.75. The van der Waals surface area contributed by atoms with Crippen LogP contribution in [0.15, 0.2) is 53.4 Å². The maximum atomic E-state index is 13.0. The van der Waals surface area contributed by atoms with Gasteiger partial charge in [-0.1, -0.05) is 12.1 Å². The van der Waals surface area contributed by atoms with Crippen LogP contribution in [0.1, 0.15) is 19.4 Å². The van der Waals surface area contributed by atoms with Crippen LogP contribution in [-0.4, -0.2) is 27.0 Å². The standard InChI is InChI=1S/C18H19F3N2O4S/c1-3-27-13-8-10-14(11-9-13)28(25,26)23-12(2)17(24)22-16-7-5-4-6-15(16)18(19,20)21/h4-12,23H,3H2,1-2H3,(H,22,24)/t12-/m1/s1. The summed E-state index contributed by atoms with van der Waals surface area (Å²) in [5, 5.41) is 2.11. The summed E-state index contributed by atoms with van der Waals surface area (Å²) in [6, 6.07) is 8.66. The van der Waals surface area contributed by atoms with E-state index in [1.54, 1.807) is 6.92 Å². The zero-order valence-electron chi connectivity index (χ0n) is 15.1. The highest BCUT2D eigenvalue weighted by Gasteiger charge is 2.34. The first-order chi connectivity index (χ1) is 13.0. The van der Waals surface area contributed by atoms with E-state index in [1.807, 2.05) is 0 Å². The minimum Gasteiger partial charge on any atom is -0.494 e. The van der Waals surface area contributed by atoms with Crippen LogP contribution in [0.5, 0.6) is 5.75 Å². The minimum absolute atomic E-state index is 0.105. The van der Waals surface area contributed by atoms with Crippen molar-refractivity contribution in [3.63, 3.8) is 0 Å². The van der Waals surface area contributed by atoms with E-state index in [1.165, 1.54) is 43.3 Å². The fourth-order valence-corrected chi connectivity index (χ4v) is 3.52. The molecule has 0 aromatic heterocycles. The molecule has 0 unspecified atom stereocenters. The lowest BCUT2D eigenvalue weighted by molar-refractivity contribution is -0.137. The van der Waals surface area contributed by atoms with Crippen LogP contribution in [0.4, 0.5) is 18.9 Å². The van der Waals surface area contributed by atoms with Gasteiger partial charge in [0.05, 0.1) is 28.8 Å². The van der Waals surface area contributed by atoms with Crippen LogP contribution in [0, 0.1) is 0 Å². The van der Waals surface area contributed by atoms with E-state index < -0.39 is 39.4 Å². The van der Waals surface area contributed by atoms with Crippen molar-refractivity contribution >= 4 is 21.6 Å². The number of ether oxygens (including phenoxy) is 1. The molecule has 0 aliphatic rings. The molecule has 0 bridgehead atoms. The van der Waals surface area contributed by atoms with E-state index in [2.05, 4.69) is 10.0 Å². The van der Waals surface area contributed by atoms with Gasteiger partial charge in [0.15, 0.2) is 0 Å². The Kier molecular flexibility index (Phi) is 6.68. The van der Waals surface area contributed by atoms with Gasteiger partial charge in [-0.15, -0.1) is 0 Å². The Balaban J connectivity index is 2.12. The van der Waals surface area contributed by atoms with Crippen LogP contribution in [0.3, 0.4) is 0 Å². The van der Waals surface area contributed by atoms with Gasteiger partial charge in [0.2, 0.25) is 15.9 Å². The Hall–Kier alpha value is -2.59. The first-order valence-electron chi connectivity index (χ1n) is 8.27. The summed E-state index contributed by atoms with van der Waals surface area (Å²) < 4.78 is 71.2. The van der Waals surface area contributed by atoms with Gasteiger partial charge in [-0.2, -0.15) is 17.9 Å². The predicted octanol–water partition coefficient (Wildman–Crippen LogP) is 3.41. The van der Waals surface area contributed by atoms with E-state index in [9.17, 15) is 26.4 Å². The second-order valence-electron chi connectivity index (χ2n) is 5.78. The van der Waals surface area contributed by atoms with E-state index in [4.69, 9.17) is 4.74 Å². The molecular weight excluding hydrogens is 397 g/mol. The van der Waals surface area contributed by atoms with Crippen molar-refractivity contribution in [3.05, 3.63) is 54.1 Å². The number of halogens is 3. The Labute approximate surface area is 160 Å². The minimum atomic E-state index is -4.66. The van der Waals surface area contributed by atoms with Crippen molar-refractivity contribution in [3.8, 4) is 5.75 Å². The molecule has 0 aliphatic heterocycles. The summed E-state index contributed by atoms with van der Waals surface area (Å²) in [6.45, 7) is 3.43. The van der Waals surface area contributed by atoms with Gasteiger partial charge in [-0.3, -0.25) is 4.79 Å². The van der Waals surface area contributed by atoms with Gasteiger partial charge in [0.1, 0.15) is 5.75 Å². The van der Waals surface area contributed by atoms with Crippen molar-refractivity contribution in [2.75, 3.05) is 11.9 Å². The average molecular weight is 416 g/mol. The largest absolute Gasteiger partial charge is 0.494 e. The van der Waals surface area contributed by atoms with Crippen molar-refractivity contribution in [2.24, 2.45) is 0 Å². The predicted molar refractivity (Wildman–Crippen MR) is 97.5 cm³/mol. The van der Waals surface area contributed by atoms with Gasteiger partial charge < -0.3 is 10.1 Å². The highest BCUT2D eigenvalue weighted by Crippen LogP contribution is 2.34. The average Bonchev–Trinajstić information content (AvgIpc) is 2.61. The number of carbonyl (C=O) groups excluding carboxylic acids is 1. The first kappa shape index (κ1) is 21.7. The summed E-state index contributed by atoms with van der Waals surface area (Å²) in [5.74, 6) is -0.442. The van der Waals surface area contributed by atoms with Crippen molar-refractivity contribution in [1.29, 1.82) is 0 Å². The quantitative estimate of drug-likeness (QED) is 0.725. The molecule has 0 saturated carbocycles. The molecule has 0 spiro atoms. The molecule has 0 heterocycles. The van der Waals surface area contributed by atoms with Gasteiger partial charge >= 0.3 is 6.18 Å². The molecule has 1 atom stereocenters. The lowest BCUT2D eigenvalue weighted by Crippen LogP contribution is -2.41. The molecule has 2 aromatic carbocycles. The third kappa shape index (κ3) is 5.46. The molecule has 0 fully saturated rings. The summed E-state index contributed by atoms with van der Waals surface area (Å²) >= 11 is 0. The number of rotatable bonds is 7. The summed E-state index contributed by atoms with van der Waals surface area (Å²) in [6.07, 6.45) is -4.66. The van der Waals surface area contributed by atoms with Crippen LogP contribution in [0.25, 0.3) is 0 Å². The lowest BCUT2D eigenvalue weighted by Gasteiger charge is -2.17. The Bertz CT molecular complexity index is 929. The number of carbonyl (C=O) groups is 1. The second-order valence-corrected chi connectivity index (χ2v) is 7.49. The van der Waals surface area contributed by atoms with E-state index in [0.717, 1.165) is 12.1 Å². The number of hydrogen-bond acceptors (Lipinski definition) is 4. The highest BCUT2D eigenvalue weighted by atomic mass is 32.2. The zero-order valence-corrected chi connectivity index (χ0v) is 15.9. The number of hydrogen-bond donors (Lipinski definition) is 2. The normalized spacial score (nSPS) is 13.0. The molecule has 2 N–H and O–H groups in total. The van der Waals surface area contributed by atoms with Crippen molar-refractivity contribution in [1.82, 2.24) is 4.72 Å². The molecule has 6 nitrogen and oxygen atoms in total. The number of anilines is 1. The maximum absolute atomic E-state index is 13.0. The molecule has 0 aliphatic carbocycles. The van der Waals surface area contributed by atoms with E-state index in [0.29, 0.717) is 12.4 Å². The van der Waals surface area contributed by atoms with E-state index >= 15 is 0 Å². The van der Waals surface area contributed by atoms with Crippen LogP contribution in [-0.2, 0) is 21.0 Å². The van der Waals surface area contributed by atoms with Crippen molar-refractivity contribution in [2.45, 2.75) is 31.0 Å². The SMILES string of the molecule is CCOc1ccc(S(=O)(=O)N[C@H](C)C(=O)Nc2ccccc2C(F)(F)F)cc1.